The molecule has 0 amide bonds. The fourth-order valence-corrected chi connectivity index (χ4v) is 5.58. The second-order valence-corrected chi connectivity index (χ2v) is 10.4. The third-order valence-electron chi connectivity index (χ3n) is 7.66. The van der Waals surface area contributed by atoms with E-state index in [1.54, 1.807) is 0 Å². The Kier molecular flexibility index (Phi) is 10.6. The van der Waals surface area contributed by atoms with Gasteiger partial charge in [-0.1, -0.05) is 84.0 Å². The summed E-state index contributed by atoms with van der Waals surface area (Å²) in [6.07, 6.45) is 42.9. The van der Waals surface area contributed by atoms with Gasteiger partial charge >= 0.3 is 6.69 Å². The number of hydrogen-bond acceptors (Lipinski definition) is 3. The van der Waals surface area contributed by atoms with E-state index in [9.17, 15) is 0 Å². The molecule has 0 fully saturated rings. The van der Waals surface area contributed by atoms with Crippen LogP contribution in [0.5, 0.6) is 0 Å². The first-order valence-electron chi connectivity index (χ1n) is 14.5. The van der Waals surface area contributed by atoms with E-state index in [1.165, 1.54) is 89.9 Å². The van der Waals surface area contributed by atoms with Gasteiger partial charge in [0.15, 0.2) is 0 Å². The summed E-state index contributed by atoms with van der Waals surface area (Å²) in [4.78, 5) is 13.1. The first-order chi connectivity index (χ1) is 18.4. The van der Waals surface area contributed by atoms with Crippen LogP contribution in [0.15, 0.2) is 74.9 Å². The molecule has 200 valence electrons. The number of rotatable bonds is 19. The topological polar surface area (TPSA) is 62.3 Å². The molecule has 0 radical (unpaired) electrons. The molecule has 0 atom stereocenters. The van der Waals surface area contributed by atoms with Crippen LogP contribution in [-0.2, 0) is 6.54 Å². The lowest BCUT2D eigenvalue weighted by atomic mass is 9.72. The Morgan fingerprint density at radius 2 is 1.00 bits per heavy atom. The van der Waals surface area contributed by atoms with Gasteiger partial charge in [-0.2, -0.15) is 0 Å². The van der Waals surface area contributed by atoms with Crippen LogP contribution in [0, 0.1) is 0 Å². The van der Waals surface area contributed by atoms with Gasteiger partial charge in [0.2, 0.25) is 6.33 Å². The predicted molar refractivity (Wildman–Crippen MR) is 149 cm³/mol. The summed E-state index contributed by atoms with van der Waals surface area (Å²) >= 11 is 0. The number of aryl methyl sites for hydroxylation is 1. The van der Waals surface area contributed by atoms with Crippen LogP contribution in [0.1, 0.15) is 96.8 Å². The number of nitrogens with zero attached hydrogens (tertiary/aromatic N) is 8. The SMILES string of the molecule is CCCCCCCCCCCCCCCCn1cc[n+]([B-](n2ccnc2)(n2ccnc2)n2ccnc2)c1. The van der Waals surface area contributed by atoms with Gasteiger partial charge in [-0.15, -0.1) is 0 Å². The standard InChI is InChI=1S/C28H45BN8/c1-2-3-4-5-6-7-8-9-10-11-12-13-14-15-19-33-23-24-37(28-33)29(34-20-16-30-25-34,35-21-17-31-26-35)36-22-18-32-27-36/h16-18,20-28H,2-15,19H2,1H3. The van der Waals surface area contributed by atoms with Crippen molar-refractivity contribution in [2.45, 2.75) is 103 Å². The van der Waals surface area contributed by atoms with Crippen LogP contribution < -0.4 is 4.48 Å². The van der Waals surface area contributed by atoms with Gasteiger partial charge in [0.25, 0.3) is 0 Å². The highest BCUT2D eigenvalue weighted by molar-refractivity contribution is 6.66. The summed E-state index contributed by atoms with van der Waals surface area (Å²) in [6.45, 7) is 1.65. The van der Waals surface area contributed by atoms with Gasteiger partial charge in [0.1, 0.15) is 6.20 Å². The molecule has 0 unspecified atom stereocenters. The van der Waals surface area contributed by atoms with E-state index in [1.807, 2.05) is 56.2 Å². The molecule has 0 N–H and O–H groups in total. The zero-order valence-corrected chi connectivity index (χ0v) is 22.7. The molecule has 9 heteroatoms. The van der Waals surface area contributed by atoms with Crippen molar-refractivity contribution in [2.75, 3.05) is 0 Å². The molecule has 4 aromatic heterocycles. The molecule has 0 aliphatic heterocycles. The van der Waals surface area contributed by atoms with Crippen LogP contribution in [0.25, 0.3) is 0 Å². The van der Waals surface area contributed by atoms with Crippen molar-refractivity contribution in [3.8, 4) is 0 Å². The number of aromatic nitrogens is 8. The fourth-order valence-electron chi connectivity index (χ4n) is 5.58. The second kappa shape index (κ2) is 14.6. The lowest BCUT2D eigenvalue weighted by Crippen LogP contribution is -2.77. The summed E-state index contributed by atoms with van der Waals surface area (Å²) in [5, 5.41) is 0. The Bertz CT molecular complexity index is 1000. The number of unbranched alkanes of at least 4 members (excludes halogenated alkanes) is 13. The third-order valence-corrected chi connectivity index (χ3v) is 7.66. The number of hydrogen-bond donors (Lipinski definition) is 0. The first kappa shape index (κ1) is 27.0. The van der Waals surface area contributed by atoms with Gasteiger partial charge in [-0.25, -0.2) is 19.5 Å². The fraction of sp³-hybridized carbons (Fsp3) is 0.571. The zero-order chi connectivity index (χ0) is 25.6. The minimum absolute atomic E-state index is 1.02. The van der Waals surface area contributed by atoms with Crippen LogP contribution in [-0.4, -0.2) is 39.6 Å². The highest BCUT2D eigenvalue weighted by Gasteiger charge is 2.41. The first-order valence-corrected chi connectivity index (χ1v) is 14.5. The normalized spacial score (nSPS) is 11.9. The lowest BCUT2D eigenvalue weighted by Gasteiger charge is -2.39. The number of imidazole rings is 4. The molecule has 4 heterocycles. The van der Waals surface area contributed by atoms with Crippen molar-refractivity contribution in [3.05, 3.63) is 74.9 Å². The van der Waals surface area contributed by atoms with Crippen molar-refractivity contribution < 1.29 is 4.48 Å². The van der Waals surface area contributed by atoms with E-state index in [4.69, 9.17) is 0 Å². The van der Waals surface area contributed by atoms with Crippen molar-refractivity contribution in [3.63, 3.8) is 0 Å². The van der Waals surface area contributed by atoms with E-state index < -0.39 is 6.69 Å². The molecule has 4 aromatic rings. The summed E-state index contributed by atoms with van der Waals surface area (Å²) in [5.41, 5.74) is 0. The van der Waals surface area contributed by atoms with Gasteiger partial charge < -0.3 is 17.9 Å². The van der Waals surface area contributed by atoms with Crippen molar-refractivity contribution in [1.82, 2.24) is 33.0 Å². The van der Waals surface area contributed by atoms with E-state index in [-0.39, 0.29) is 0 Å². The highest BCUT2D eigenvalue weighted by Crippen LogP contribution is 2.14. The molecule has 0 spiro atoms. The van der Waals surface area contributed by atoms with Crippen LogP contribution in [0.4, 0.5) is 0 Å². The monoisotopic (exact) mass is 504 g/mol. The second-order valence-electron chi connectivity index (χ2n) is 10.4. The summed E-state index contributed by atoms with van der Waals surface area (Å²) in [6, 6.07) is 0. The van der Waals surface area contributed by atoms with Crippen LogP contribution in [0.2, 0.25) is 0 Å². The van der Waals surface area contributed by atoms with Crippen LogP contribution >= 0.6 is 0 Å². The van der Waals surface area contributed by atoms with E-state index in [2.05, 4.69) is 63.1 Å². The lowest BCUT2D eigenvalue weighted by molar-refractivity contribution is -0.555. The Balaban J connectivity index is 1.23. The summed E-state index contributed by atoms with van der Waals surface area (Å²) < 4.78 is 10.9. The predicted octanol–water partition coefficient (Wildman–Crippen LogP) is 5.78. The average Bonchev–Trinajstić information content (AvgIpc) is 3.74. The van der Waals surface area contributed by atoms with Crippen LogP contribution in [0.3, 0.4) is 0 Å². The zero-order valence-electron chi connectivity index (χ0n) is 22.7. The summed E-state index contributed by atoms with van der Waals surface area (Å²) in [7, 11) is 0. The van der Waals surface area contributed by atoms with Crippen molar-refractivity contribution in [2.24, 2.45) is 0 Å². The van der Waals surface area contributed by atoms with Crippen molar-refractivity contribution >= 4 is 6.69 Å². The Morgan fingerprint density at radius 1 is 0.568 bits per heavy atom. The molecule has 0 aliphatic carbocycles. The Labute approximate surface area is 222 Å². The minimum atomic E-state index is -1.66. The Hall–Kier alpha value is -3.10. The maximum absolute atomic E-state index is 4.35. The smallest absolute Gasteiger partial charge is 0.433 e. The molecule has 4 rings (SSSR count). The summed E-state index contributed by atoms with van der Waals surface area (Å²) in [5.74, 6) is 0. The molecule has 0 aliphatic rings. The molecular formula is C28H45BN8. The van der Waals surface area contributed by atoms with Gasteiger partial charge in [0, 0.05) is 18.6 Å². The van der Waals surface area contributed by atoms with Gasteiger partial charge in [-0.3, -0.25) is 0 Å². The Morgan fingerprint density at radius 3 is 1.41 bits per heavy atom. The largest absolute Gasteiger partial charge is 0.505 e. The highest BCUT2D eigenvalue weighted by atomic mass is 15.4. The van der Waals surface area contributed by atoms with E-state index in [0.717, 1.165) is 6.54 Å². The molecule has 8 nitrogen and oxygen atoms in total. The van der Waals surface area contributed by atoms with Gasteiger partial charge in [0.05, 0.1) is 31.7 Å². The van der Waals surface area contributed by atoms with Gasteiger partial charge in [-0.05, 0) is 31.4 Å². The molecule has 0 saturated carbocycles. The molecule has 0 bridgehead atoms. The maximum atomic E-state index is 4.35. The maximum Gasteiger partial charge on any atom is 0.505 e. The van der Waals surface area contributed by atoms with E-state index in [0.29, 0.717) is 0 Å². The quantitative estimate of drug-likeness (QED) is 0.120. The molecule has 0 aromatic carbocycles. The van der Waals surface area contributed by atoms with E-state index >= 15 is 0 Å². The average molecular weight is 505 g/mol. The third kappa shape index (κ3) is 7.02. The molecule has 0 saturated heterocycles. The molecule has 37 heavy (non-hydrogen) atoms. The minimum Gasteiger partial charge on any atom is -0.433 e. The molecular weight excluding hydrogens is 459 g/mol. The van der Waals surface area contributed by atoms with Crippen molar-refractivity contribution in [1.29, 1.82) is 0 Å².